The Morgan fingerprint density at radius 1 is 0.219 bits per heavy atom. The smallest absolute Gasteiger partial charge is 0.550 e. The first-order valence-corrected chi connectivity index (χ1v) is 26.6. The van der Waals surface area contributed by atoms with E-state index in [2.05, 4.69) is 203 Å². The first-order chi connectivity index (χ1) is 35.3. The standard InChI is InChI=1S/3C22H32O2.Ga/c3*1-2-3-4-5-6-7-8-9-10-11-12-13-14-15-16-17-18-19-20-21-22(23)24;/h3*3-4,6-7,9-10,12-13,15-16,18-19H,2,5,8,11,14,17,20-21H2,1H3,(H,23,24);/q;;;+3/p-3/b3*4-3-,7-6-,10-9-,13-12-,16-15-,19-18-;. The number of rotatable bonds is 42. The van der Waals surface area contributed by atoms with Crippen LogP contribution in [0.3, 0.4) is 0 Å². The third kappa shape index (κ3) is 83.6. The number of aliphatic carboxylic acids is 3. The minimum absolute atomic E-state index is 0. The van der Waals surface area contributed by atoms with Gasteiger partial charge in [-0.15, -0.1) is 0 Å². The van der Waals surface area contributed by atoms with Gasteiger partial charge in [0, 0.05) is 17.9 Å². The van der Waals surface area contributed by atoms with Crippen molar-refractivity contribution >= 4 is 37.7 Å². The molecule has 0 aromatic carbocycles. The molecule has 0 aliphatic heterocycles. The summed E-state index contributed by atoms with van der Waals surface area (Å²) in [7, 11) is 0. The van der Waals surface area contributed by atoms with Gasteiger partial charge in [-0.05, 0) is 154 Å². The van der Waals surface area contributed by atoms with E-state index < -0.39 is 17.9 Å². The van der Waals surface area contributed by atoms with E-state index in [1.165, 1.54) is 0 Å². The van der Waals surface area contributed by atoms with Crippen LogP contribution in [0.5, 0.6) is 0 Å². The zero-order valence-electron chi connectivity index (χ0n) is 45.3. The summed E-state index contributed by atoms with van der Waals surface area (Å²) in [6.45, 7) is 6.44. The minimum Gasteiger partial charge on any atom is -0.550 e. The van der Waals surface area contributed by atoms with Gasteiger partial charge in [-0.25, -0.2) is 0 Å². The maximum Gasteiger partial charge on any atom is 3.00 e. The van der Waals surface area contributed by atoms with E-state index in [1.807, 2.05) is 36.5 Å². The van der Waals surface area contributed by atoms with Crippen molar-refractivity contribution in [2.24, 2.45) is 0 Å². The molecule has 0 radical (unpaired) electrons. The third-order valence-corrected chi connectivity index (χ3v) is 9.33. The van der Waals surface area contributed by atoms with Crippen LogP contribution in [0.15, 0.2) is 219 Å². The Balaban J connectivity index is -0.000000486. The van der Waals surface area contributed by atoms with E-state index in [0.29, 0.717) is 19.3 Å². The van der Waals surface area contributed by atoms with Crippen molar-refractivity contribution in [3.63, 3.8) is 0 Å². The number of carboxylic acid groups (broad SMARTS) is 3. The summed E-state index contributed by atoms with van der Waals surface area (Å²) in [5.41, 5.74) is 0. The SMILES string of the molecule is CC/C=C\C/C=C\C/C=C\C/C=C\C/C=C\C/C=C\CCC(=O)[O-].CC/C=C\C/C=C\C/C=C\C/C=C\C/C=C\C/C=C\CCC(=O)[O-].CC/C=C\C/C=C\C/C=C\C/C=C\C/C=C\C/C=C\CCC(=O)[O-].[Ga+3]. The number of carbonyl (C=O) groups excluding carboxylic acids is 3. The number of carboxylic acids is 3. The van der Waals surface area contributed by atoms with Gasteiger partial charge in [-0.1, -0.05) is 240 Å². The van der Waals surface area contributed by atoms with Gasteiger partial charge in [-0.3, -0.25) is 0 Å². The van der Waals surface area contributed by atoms with E-state index in [4.69, 9.17) is 0 Å². The molecular formula is C66H93GaO6. The van der Waals surface area contributed by atoms with Crippen LogP contribution in [0.25, 0.3) is 0 Å². The van der Waals surface area contributed by atoms with Crippen molar-refractivity contribution in [2.75, 3.05) is 0 Å². The van der Waals surface area contributed by atoms with Crippen molar-refractivity contribution in [3.05, 3.63) is 219 Å². The van der Waals surface area contributed by atoms with Crippen LogP contribution in [0.1, 0.15) is 175 Å². The molecule has 0 N–H and O–H groups in total. The molecule has 0 aromatic heterocycles. The zero-order chi connectivity index (χ0) is 53.2. The van der Waals surface area contributed by atoms with Crippen LogP contribution >= 0.6 is 0 Å². The fraction of sp³-hybridized carbons (Fsp3) is 0.409. The summed E-state index contributed by atoms with van der Waals surface area (Å²) in [4.78, 5) is 30.6. The third-order valence-electron chi connectivity index (χ3n) is 9.33. The Hall–Kier alpha value is -5.63. The molecule has 0 bridgehead atoms. The number of allylic oxidation sites excluding steroid dienone is 36. The molecule has 7 heteroatoms. The second-order valence-electron chi connectivity index (χ2n) is 16.0. The zero-order valence-corrected chi connectivity index (χ0v) is 47.7. The first-order valence-electron chi connectivity index (χ1n) is 26.6. The van der Waals surface area contributed by atoms with Crippen molar-refractivity contribution in [3.8, 4) is 0 Å². The first kappa shape index (κ1) is 73.9. The quantitative estimate of drug-likeness (QED) is 0.0443. The molecule has 396 valence electrons. The van der Waals surface area contributed by atoms with Gasteiger partial charge < -0.3 is 29.7 Å². The molecule has 0 aliphatic rings. The predicted molar refractivity (Wildman–Crippen MR) is 313 cm³/mol. The van der Waals surface area contributed by atoms with Gasteiger partial charge >= 0.3 is 19.8 Å². The fourth-order valence-corrected chi connectivity index (χ4v) is 5.52. The average Bonchev–Trinajstić information content (AvgIpc) is 3.36. The van der Waals surface area contributed by atoms with Gasteiger partial charge in [-0.2, -0.15) is 0 Å². The minimum atomic E-state index is -0.991. The molecule has 0 saturated carbocycles. The second-order valence-corrected chi connectivity index (χ2v) is 16.0. The Labute approximate surface area is 458 Å². The van der Waals surface area contributed by atoms with E-state index in [-0.39, 0.29) is 39.1 Å². The van der Waals surface area contributed by atoms with E-state index in [0.717, 1.165) is 116 Å². The van der Waals surface area contributed by atoms with Crippen LogP contribution < -0.4 is 15.3 Å². The molecule has 0 unspecified atom stereocenters. The summed E-state index contributed by atoms with van der Waals surface area (Å²) < 4.78 is 0. The number of hydrogen-bond acceptors (Lipinski definition) is 6. The van der Waals surface area contributed by atoms with Crippen molar-refractivity contribution in [2.45, 2.75) is 175 Å². The number of hydrogen-bond donors (Lipinski definition) is 0. The predicted octanol–water partition coefficient (Wildman–Crippen LogP) is 15.3. The van der Waals surface area contributed by atoms with Crippen LogP contribution in [0.4, 0.5) is 0 Å². The Kier molecular flexibility index (Phi) is 71.5. The van der Waals surface area contributed by atoms with E-state index >= 15 is 0 Å². The summed E-state index contributed by atoms with van der Waals surface area (Å²) >= 11 is 0. The topological polar surface area (TPSA) is 120 Å². The maximum absolute atomic E-state index is 10.2. The molecule has 73 heavy (non-hydrogen) atoms. The summed E-state index contributed by atoms with van der Waals surface area (Å²) in [5, 5.41) is 30.6. The van der Waals surface area contributed by atoms with Gasteiger partial charge in [0.25, 0.3) is 0 Å². The van der Waals surface area contributed by atoms with Gasteiger partial charge in [0.05, 0.1) is 0 Å². The molecule has 0 heterocycles. The number of carbonyl (C=O) groups is 3. The molecule has 0 aromatic rings. The summed E-state index contributed by atoms with van der Waals surface area (Å²) in [6.07, 6.45) is 96.3. The average molecular weight is 1050 g/mol. The van der Waals surface area contributed by atoms with Gasteiger partial charge in [0.2, 0.25) is 0 Å². The molecule has 0 aliphatic carbocycles. The molecule has 0 rings (SSSR count). The molecule has 0 fully saturated rings. The van der Waals surface area contributed by atoms with Gasteiger partial charge in [0.1, 0.15) is 0 Å². The van der Waals surface area contributed by atoms with Crippen LogP contribution in [-0.2, 0) is 14.4 Å². The Bertz CT molecular complexity index is 1600. The van der Waals surface area contributed by atoms with Crippen molar-refractivity contribution < 1.29 is 29.7 Å². The summed E-state index contributed by atoms with van der Waals surface area (Å²) in [6, 6.07) is 0. The van der Waals surface area contributed by atoms with Gasteiger partial charge in [0.15, 0.2) is 0 Å². The van der Waals surface area contributed by atoms with Crippen LogP contribution in [-0.4, -0.2) is 37.7 Å². The Morgan fingerprint density at radius 3 is 0.438 bits per heavy atom. The van der Waals surface area contributed by atoms with Crippen molar-refractivity contribution in [1.29, 1.82) is 0 Å². The second kappa shape index (κ2) is 70.6. The molecule has 0 spiro atoms. The van der Waals surface area contributed by atoms with Crippen LogP contribution in [0.2, 0.25) is 0 Å². The monoisotopic (exact) mass is 1050 g/mol. The molecule has 0 atom stereocenters. The van der Waals surface area contributed by atoms with Crippen LogP contribution in [0, 0.1) is 0 Å². The molecular weight excluding hydrogens is 958 g/mol. The molecule has 6 nitrogen and oxygen atoms in total. The molecule has 0 saturated heterocycles. The van der Waals surface area contributed by atoms with E-state index in [1.54, 1.807) is 0 Å². The van der Waals surface area contributed by atoms with Crippen molar-refractivity contribution in [1.82, 2.24) is 0 Å². The Morgan fingerprint density at radius 2 is 0.329 bits per heavy atom. The summed E-state index contributed by atoms with van der Waals surface area (Å²) in [5.74, 6) is -2.97. The normalized spacial score (nSPS) is 12.9. The molecule has 0 amide bonds. The fourth-order valence-electron chi connectivity index (χ4n) is 5.52. The largest absolute Gasteiger partial charge is 3.00 e. The van der Waals surface area contributed by atoms with E-state index in [9.17, 15) is 29.7 Å². The maximum atomic E-state index is 10.2.